The van der Waals surface area contributed by atoms with Crippen LogP contribution < -0.4 is 0 Å². The van der Waals surface area contributed by atoms with Crippen LogP contribution in [0.3, 0.4) is 0 Å². The van der Waals surface area contributed by atoms with Crippen molar-refractivity contribution in [2.24, 2.45) is 0 Å². The molecule has 0 amide bonds. The minimum Gasteiger partial charge on any atom is -0.258 e. The maximum atomic E-state index is 12.8. The number of hydrogen-bond donors (Lipinski definition) is 0. The molecule has 2 rings (SSSR count). The molecule has 0 heterocycles. The highest BCUT2D eigenvalue weighted by Crippen LogP contribution is 2.29. The Morgan fingerprint density at radius 3 is 2.42 bits per heavy atom. The second-order valence-corrected chi connectivity index (χ2v) is 4.64. The van der Waals surface area contributed by atoms with Gasteiger partial charge in [0.05, 0.1) is 10.3 Å². The average Bonchev–Trinajstić information content (AvgIpc) is 2.39. The van der Waals surface area contributed by atoms with Gasteiger partial charge in [-0.2, -0.15) is 0 Å². The molecule has 1 unspecified atom stereocenters. The quantitative estimate of drug-likeness (QED) is 0.477. The third kappa shape index (κ3) is 3.29. The summed E-state index contributed by atoms with van der Waals surface area (Å²) in [4.78, 5) is 10.5. The molecule has 0 saturated carbocycles. The summed E-state index contributed by atoms with van der Waals surface area (Å²) in [6, 6.07) is 12.3. The van der Waals surface area contributed by atoms with Crippen LogP contribution in [0, 0.1) is 15.9 Å². The van der Waals surface area contributed by atoms with Crippen molar-refractivity contribution < 1.29 is 9.31 Å². The van der Waals surface area contributed by atoms with Gasteiger partial charge < -0.3 is 0 Å². The summed E-state index contributed by atoms with van der Waals surface area (Å²) in [6.07, 6.45) is 0.324. The van der Waals surface area contributed by atoms with Gasteiger partial charge in [0.15, 0.2) is 0 Å². The monoisotopic (exact) mass is 279 g/mol. The highest BCUT2D eigenvalue weighted by Gasteiger charge is 2.17. The Bertz CT molecular complexity index is 586. The minimum absolute atomic E-state index is 0.0512. The molecule has 1 atom stereocenters. The molecule has 98 valence electrons. The number of para-hydroxylation sites is 1. The number of benzene rings is 2. The smallest absolute Gasteiger partial charge is 0.258 e. The molecule has 19 heavy (non-hydrogen) atoms. The third-order valence-corrected chi connectivity index (χ3v) is 3.23. The summed E-state index contributed by atoms with van der Waals surface area (Å²) in [7, 11) is 0. The highest BCUT2D eigenvalue weighted by atomic mass is 35.5. The second-order valence-electron chi connectivity index (χ2n) is 4.11. The molecule has 0 aliphatic carbocycles. The van der Waals surface area contributed by atoms with Gasteiger partial charge in [0.25, 0.3) is 5.69 Å². The van der Waals surface area contributed by atoms with Gasteiger partial charge in [0.2, 0.25) is 0 Å². The molecule has 3 nitrogen and oxygen atoms in total. The van der Waals surface area contributed by atoms with E-state index in [1.54, 1.807) is 30.3 Å². The number of hydrogen-bond acceptors (Lipinski definition) is 2. The standard InChI is InChI=1S/C14H11ClFNO2/c15-13(10-5-7-12(16)8-6-10)9-11-3-1-2-4-14(11)17(18)19/h1-8,13H,9H2. The van der Waals surface area contributed by atoms with Crippen molar-refractivity contribution in [3.05, 3.63) is 75.6 Å². The summed E-state index contributed by atoms with van der Waals surface area (Å²) in [5.74, 6) is -0.335. The Labute approximate surface area is 114 Å². The molecule has 2 aromatic rings. The largest absolute Gasteiger partial charge is 0.272 e. The number of nitro benzene ring substituents is 1. The van der Waals surface area contributed by atoms with Crippen LogP contribution in [-0.2, 0) is 6.42 Å². The Morgan fingerprint density at radius 1 is 1.16 bits per heavy atom. The van der Waals surface area contributed by atoms with Crippen molar-refractivity contribution in [2.75, 3.05) is 0 Å². The number of alkyl halides is 1. The Kier molecular flexibility index (Phi) is 4.12. The fourth-order valence-electron chi connectivity index (χ4n) is 1.84. The lowest BCUT2D eigenvalue weighted by atomic mass is 10.0. The summed E-state index contributed by atoms with van der Waals surface area (Å²) in [5, 5.41) is 10.5. The van der Waals surface area contributed by atoms with Crippen molar-refractivity contribution in [3.63, 3.8) is 0 Å². The van der Waals surface area contributed by atoms with Gasteiger partial charge in [0.1, 0.15) is 5.82 Å². The summed E-state index contributed by atoms with van der Waals surface area (Å²) in [6.45, 7) is 0. The lowest BCUT2D eigenvalue weighted by Gasteiger charge is -2.10. The van der Waals surface area contributed by atoms with Crippen LogP contribution >= 0.6 is 11.6 Å². The van der Waals surface area contributed by atoms with Crippen LogP contribution in [0.15, 0.2) is 48.5 Å². The fourth-order valence-corrected chi connectivity index (χ4v) is 2.16. The van der Waals surface area contributed by atoms with E-state index >= 15 is 0 Å². The number of nitro groups is 1. The molecule has 0 fully saturated rings. The van der Waals surface area contributed by atoms with Gasteiger partial charge in [0, 0.05) is 11.6 Å². The normalized spacial score (nSPS) is 12.1. The lowest BCUT2D eigenvalue weighted by Crippen LogP contribution is -2.00. The van der Waals surface area contributed by atoms with Crippen LogP contribution in [0.2, 0.25) is 0 Å². The molecular weight excluding hydrogens is 269 g/mol. The molecule has 0 spiro atoms. The summed E-state index contributed by atoms with van der Waals surface area (Å²) in [5.41, 5.74) is 1.35. The molecular formula is C14H11ClFNO2. The SMILES string of the molecule is O=[N+]([O-])c1ccccc1CC(Cl)c1ccc(F)cc1. The van der Waals surface area contributed by atoms with E-state index in [2.05, 4.69) is 0 Å². The van der Waals surface area contributed by atoms with Crippen molar-refractivity contribution in [2.45, 2.75) is 11.8 Å². The summed E-state index contributed by atoms with van der Waals surface area (Å²) < 4.78 is 12.8. The molecule has 0 N–H and O–H groups in total. The topological polar surface area (TPSA) is 43.1 Å². The van der Waals surface area contributed by atoms with E-state index in [1.165, 1.54) is 18.2 Å². The van der Waals surface area contributed by atoms with Crippen LogP contribution in [-0.4, -0.2) is 4.92 Å². The zero-order valence-corrected chi connectivity index (χ0v) is 10.7. The molecule has 0 aliphatic heterocycles. The number of halogens is 2. The van der Waals surface area contributed by atoms with Gasteiger partial charge in [-0.25, -0.2) is 4.39 Å². The maximum Gasteiger partial charge on any atom is 0.272 e. The first kappa shape index (κ1) is 13.5. The van der Waals surface area contributed by atoms with E-state index in [9.17, 15) is 14.5 Å². The lowest BCUT2D eigenvalue weighted by molar-refractivity contribution is -0.385. The highest BCUT2D eigenvalue weighted by molar-refractivity contribution is 6.20. The van der Waals surface area contributed by atoms with Crippen LogP contribution in [0.4, 0.5) is 10.1 Å². The zero-order chi connectivity index (χ0) is 13.8. The molecule has 0 aromatic heterocycles. The first-order valence-electron chi connectivity index (χ1n) is 5.70. The van der Waals surface area contributed by atoms with Gasteiger partial charge in [-0.1, -0.05) is 30.3 Å². The van der Waals surface area contributed by atoms with Crippen LogP contribution in [0.5, 0.6) is 0 Å². The van der Waals surface area contributed by atoms with E-state index in [0.717, 1.165) is 5.56 Å². The van der Waals surface area contributed by atoms with Gasteiger partial charge in [-0.15, -0.1) is 11.6 Å². The Morgan fingerprint density at radius 2 is 1.79 bits per heavy atom. The molecule has 5 heteroatoms. The van der Waals surface area contributed by atoms with E-state index in [0.29, 0.717) is 12.0 Å². The van der Waals surface area contributed by atoms with Crippen molar-refractivity contribution in [3.8, 4) is 0 Å². The van der Waals surface area contributed by atoms with Gasteiger partial charge in [-0.05, 0) is 24.1 Å². The first-order valence-corrected chi connectivity index (χ1v) is 6.13. The maximum absolute atomic E-state index is 12.8. The predicted molar refractivity (Wildman–Crippen MR) is 71.8 cm³/mol. The molecule has 0 saturated heterocycles. The fraction of sp³-hybridized carbons (Fsp3) is 0.143. The van der Waals surface area contributed by atoms with Crippen molar-refractivity contribution in [1.29, 1.82) is 0 Å². The van der Waals surface area contributed by atoms with Gasteiger partial charge in [-0.3, -0.25) is 10.1 Å². The molecule has 0 radical (unpaired) electrons. The minimum atomic E-state index is -0.429. The van der Waals surface area contributed by atoms with Crippen LogP contribution in [0.25, 0.3) is 0 Å². The third-order valence-electron chi connectivity index (χ3n) is 2.82. The van der Waals surface area contributed by atoms with E-state index < -0.39 is 10.3 Å². The average molecular weight is 280 g/mol. The predicted octanol–water partition coefficient (Wildman–Crippen LogP) is 4.26. The van der Waals surface area contributed by atoms with E-state index in [1.807, 2.05) is 0 Å². The van der Waals surface area contributed by atoms with Gasteiger partial charge >= 0.3 is 0 Å². The van der Waals surface area contributed by atoms with Crippen molar-refractivity contribution >= 4 is 17.3 Å². The molecule has 0 aliphatic rings. The number of nitrogens with zero attached hydrogens (tertiary/aromatic N) is 1. The Hall–Kier alpha value is -1.94. The number of rotatable bonds is 4. The zero-order valence-electron chi connectivity index (χ0n) is 9.92. The first-order chi connectivity index (χ1) is 9.08. The second kappa shape index (κ2) is 5.80. The van der Waals surface area contributed by atoms with Crippen LogP contribution in [0.1, 0.15) is 16.5 Å². The van der Waals surface area contributed by atoms with Crippen molar-refractivity contribution in [1.82, 2.24) is 0 Å². The summed E-state index contributed by atoms with van der Waals surface area (Å²) >= 11 is 6.22. The Balaban J connectivity index is 2.21. The molecule has 2 aromatic carbocycles. The van der Waals surface area contributed by atoms with E-state index in [4.69, 9.17) is 11.6 Å². The molecule has 0 bridgehead atoms. The van der Waals surface area contributed by atoms with E-state index in [-0.39, 0.29) is 11.5 Å².